The van der Waals surface area contributed by atoms with Gasteiger partial charge in [0.2, 0.25) is 15.9 Å². The van der Waals surface area contributed by atoms with E-state index in [1.165, 1.54) is 18.2 Å². The van der Waals surface area contributed by atoms with Crippen molar-refractivity contribution in [1.82, 2.24) is 4.31 Å². The van der Waals surface area contributed by atoms with E-state index in [-0.39, 0.29) is 49.2 Å². The highest BCUT2D eigenvalue weighted by atomic mass is 32.2. The summed E-state index contributed by atoms with van der Waals surface area (Å²) in [6.07, 6.45) is -10.0. The summed E-state index contributed by atoms with van der Waals surface area (Å²) in [6, 6.07) is 5.01. The molecule has 0 spiro atoms. The van der Waals surface area contributed by atoms with Crippen LogP contribution < -0.4 is 14.8 Å². The molecule has 0 bridgehead atoms. The van der Waals surface area contributed by atoms with Crippen molar-refractivity contribution < 1.29 is 49.0 Å². The Kier molecular flexibility index (Phi) is 6.86. The van der Waals surface area contributed by atoms with Gasteiger partial charge in [-0.15, -0.1) is 0 Å². The van der Waals surface area contributed by atoms with E-state index in [1.54, 1.807) is 0 Å². The van der Waals surface area contributed by atoms with Crippen LogP contribution in [0.2, 0.25) is 0 Å². The van der Waals surface area contributed by atoms with Gasteiger partial charge in [0, 0.05) is 30.8 Å². The summed E-state index contributed by atoms with van der Waals surface area (Å²) in [7, 11) is -3.93. The van der Waals surface area contributed by atoms with Crippen LogP contribution in [-0.2, 0) is 27.2 Å². The minimum Gasteiger partial charge on any atom is -0.486 e. The number of alkyl halides is 6. The molecule has 7 nitrogen and oxygen atoms in total. The third-order valence-corrected chi connectivity index (χ3v) is 7.73. The second-order valence-electron chi connectivity index (χ2n) is 8.27. The van der Waals surface area contributed by atoms with Gasteiger partial charge in [-0.2, -0.15) is 30.6 Å². The largest absolute Gasteiger partial charge is 0.486 e. The van der Waals surface area contributed by atoms with E-state index in [4.69, 9.17) is 9.47 Å². The molecule has 0 atom stereocenters. The topological polar surface area (TPSA) is 84.9 Å². The average Bonchev–Trinajstić information content (AvgIpc) is 2.82. The van der Waals surface area contributed by atoms with Gasteiger partial charge in [-0.1, -0.05) is 0 Å². The fraction of sp³-hybridized carbons (Fsp3) is 0.409. The number of hydrogen-bond acceptors (Lipinski definition) is 5. The fourth-order valence-corrected chi connectivity index (χ4v) is 5.45. The second kappa shape index (κ2) is 9.47. The molecule has 4 rings (SSSR count). The highest BCUT2D eigenvalue weighted by molar-refractivity contribution is 7.89. The monoisotopic (exact) mass is 538 g/mol. The number of carbonyl (C=O) groups excluding carboxylic acids is 1. The molecule has 0 aliphatic carbocycles. The van der Waals surface area contributed by atoms with Gasteiger partial charge in [0.25, 0.3) is 0 Å². The predicted molar refractivity (Wildman–Crippen MR) is 114 cm³/mol. The minimum absolute atomic E-state index is 0.0285. The molecule has 2 aliphatic heterocycles. The summed E-state index contributed by atoms with van der Waals surface area (Å²) >= 11 is 0. The molecule has 196 valence electrons. The zero-order valence-electron chi connectivity index (χ0n) is 18.4. The second-order valence-corrected chi connectivity index (χ2v) is 10.2. The lowest BCUT2D eigenvalue weighted by molar-refractivity contribution is -0.143. The standard InChI is InChI=1S/C22H20F6N2O5S/c23-21(24,25)14-9-15(22(26,27)28)11-16(10-14)29-20(31)13-3-5-30(6-4-13)36(32,33)17-1-2-18-19(12-17)35-8-7-34-18/h1-2,9-13H,3-8H2,(H,29,31). The van der Waals surface area contributed by atoms with Gasteiger partial charge < -0.3 is 14.8 Å². The Morgan fingerprint density at radius 1 is 0.861 bits per heavy atom. The smallest absolute Gasteiger partial charge is 0.416 e. The van der Waals surface area contributed by atoms with E-state index >= 15 is 0 Å². The Hall–Kier alpha value is -3.00. The van der Waals surface area contributed by atoms with Crippen LogP contribution in [0, 0.1) is 5.92 Å². The molecule has 0 saturated carbocycles. The van der Waals surface area contributed by atoms with E-state index < -0.39 is 51.0 Å². The first-order valence-electron chi connectivity index (χ1n) is 10.8. The molecular weight excluding hydrogens is 518 g/mol. The lowest BCUT2D eigenvalue weighted by atomic mass is 9.97. The van der Waals surface area contributed by atoms with Crippen LogP contribution in [0.3, 0.4) is 0 Å². The molecule has 2 aliphatic rings. The maximum atomic E-state index is 13.1. The summed E-state index contributed by atoms with van der Waals surface area (Å²) < 4.78 is 116. The van der Waals surface area contributed by atoms with Gasteiger partial charge in [-0.05, 0) is 43.2 Å². The third-order valence-electron chi connectivity index (χ3n) is 5.83. The van der Waals surface area contributed by atoms with Crippen molar-refractivity contribution in [3.05, 3.63) is 47.5 Å². The molecule has 1 fully saturated rings. The number of fused-ring (bicyclic) bond motifs is 1. The molecule has 14 heteroatoms. The lowest BCUT2D eigenvalue weighted by Gasteiger charge is -2.31. The number of sulfonamides is 1. The number of carbonyl (C=O) groups is 1. The van der Waals surface area contributed by atoms with Crippen molar-refractivity contribution in [1.29, 1.82) is 0 Å². The van der Waals surface area contributed by atoms with Crippen LogP contribution in [-0.4, -0.2) is 44.9 Å². The Balaban J connectivity index is 1.44. The van der Waals surface area contributed by atoms with Gasteiger partial charge in [-0.25, -0.2) is 8.42 Å². The van der Waals surface area contributed by atoms with Crippen molar-refractivity contribution in [3.63, 3.8) is 0 Å². The van der Waals surface area contributed by atoms with Crippen molar-refractivity contribution in [2.75, 3.05) is 31.6 Å². The summed E-state index contributed by atoms with van der Waals surface area (Å²) in [5, 5.41) is 2.12. The molecule has 1 N–H and O–H groups in total. The van der Waals surface area contributed by atoms with E-state index in [0.29, 0.717) is 24.5 Å². The number of halogens is 6. The number of nitrogens with one attached hydrogen (secondary N) is 1. The van der Waals surface area contributed by atoms with Gasteiger partial charge in [-0.3, -0.25) is 4.79 Å². The van der Waals surface area contributed by atoms with E-state index in [2.05, 4.69) is 5.32 Å². The quantitative estimate of drug-likeness (QED) is 0.579. The number of amides is 1. The first-order valence-corrected chi connectivity index (χ1v) is 12.2. The maximum Gasteiger partial charge on any atom is 0.416 e. The number of nitrogens with zero attached hydrogens (tertiary/aromatic N) is 1. The normalized spacial score (nSPS) is 17.6. The number of hydrogen-bond donors (Lipinski definition) is 1. The molecule has 0 radical (unpaired) electrons. The van der Waals surface area contributed by atoms with Crippen molar-refractivity contribution in [2.24, 2.45) is 5.92 Å². The summed E-state index contributed by atoms with van der Waals surface area (Å²) in [5.41, 5.74) is -3.74. The average molecular weight is 538 g/mol. The van der Waals surface area contributed by atoms with Crippen molar-refractivity contribution in [3.8, 4) is 11.5 Å². The number of ether oxygens (including phenoxy) is 2. The predicted octanol–water partition coefficient (Wildman–Crippen LogP) is 4.53. The molecule has 36 heavy (non-hydrogen) atoms. The van der Waals surface area contributed by atoms with Crippen molar-refractivity contribution >= 4 is 21.6 Å². The van der Waals surface area contributed by atoms with Crippen LogP contribution in [0.1, 0.15) is 24.0 Å². The number of piperidine rings is 1. The maximum absolute atomic E-state index is 13.1. The van der Waals surface area contributed by atoms with Crippen molar-refractivity contribution in [2.45, 2.75) is 30.1 Å². The number of anilines is 1. The Morgan fingerprint density at radius 2 is 1.42 bits per heavy atom. The van der Waals surface area contributed by atoms with Crippen LogP contribution in [0.25, 0.3) is 0 Å². The summed E-state index contributed by atoms with van der Waals surface area (Å²) in [6.45, 7) is 0.483. The van der Waals surface area contributed by atoms with Gasteiger partial charge in [0.05, 0.1) is 16.0 Å². The highest BCUT2D eigenvalue weighted by Crippen LogP contribution is 2.38. The molecule has 2 aromatic rings. The highest BCUT2D eigenvalue weighted by Gasteiger charge is 2.38. The zero-order valence-corrected chi connectivity index (χ0v) is 19.3. The molecule has 0 aromatic heterocycles. The van der Waals surface area contributed by atoms with Gasteiger partial charge >= 0.3 is 12.4 Å². The Morgan fingerprint density at radius 3 is 1.97 bits per heavy atom. The van der Waals surface area contributed by atoms with Gasteiger partial charge in [0.15, 0.2) is 11.5 Å². The first-order chi connectivity index (χ1) is 16.7. The Bertz CT molecular complexity index is 1220. The Labute approximate surface area is 202 Å². The van der Waals surface area contributed by atoms with E-state index in [1.807, 2.05) is 0 Å². The van der Waals surface area contributed by atoms with E-state index in [0.717, 1.165) is 4.31 Å². The summed E-state index contributed by atoms with van der Waals surface area (Å²) in [4.78, 5) is 12.6. The number of benzene rings is 2. The molecule has 1 amide bonds. The molecular formula is C22H20F6N2O5S. The fourth-order valence-electron chi connectivity index (χ4n) is 3.96. The van der Waals surface area contributed by atoms with Crippen LogP contribution >= 0.6 is 0 Å². The first kappa shape index (κ1) is 26.1. The minimum atomic E-state index is -5.05. The third kappa shape index (κ3) is 5.53. The van der Waals surface area contributed by atoms with Gasteiger partial charge in [0.1, 0.15) is 13.2 Å². The number of rotatable bonds is 4. The van der Waals surface area contributed by atoms with E-state index in [9.17, 15) is 39.6 Å². The van der Waals surface area contributed by atoms with Crippen LogP contribution in [0.15, 0.2) is 41.3 Å². The zero-order chi connectivity index (χ0) is 26.3. The molecule has 2 aromatic carbocycles. The SMILES string of the molecule is O=C(Nc1cc(C(F)(F)F)cc(C(F)(F)F)c1)C1CCN(S(=O)(=O)c2ccc3c(c2)OCCO3)CC1. The molecule has 2 heterocycles. The molecule has 0 unspecified atom stereocenters. The van der Waals surface area contributed by atoms with Crippen LogP contribution in [0.4, 0.5) is 32.0 Å². The summed E-state index contributed by atoms with van der Waals surface area (Å²) in [5.74, 6) is -0.894. The molecule has 1 saturated heterocycles. The van der Waals surface area contributed by atoms with Crippen LogP contribution in [0.5, 0.6) is 11.5 Å². The lowest BCUT2D eigenvalue weighted by Crippen LogP contribution is -2.41.